The van der Waals surface area contributed by atoms with Crippen molar-refractivity contribution < 1.29 is 23.5 Å². The average molecular weight is 492 g/mol. The number of alkyl carbamates (subject to hydrolysis) is 1. The number of methoxy groups -OCH3 is 1. The lowest BCUT2D eigenvalue weighted by Gasteiger charge is -2.37. The summed E-state index contributed by atoms with van der Waals surface area (Å²) in [6, 6.07) is 1.16. The second kappa shape index (κ2) is 9.61. The molecule has 0 unspecified atom stereocenters. The highest BCUT2D eigenvalue weighted by molar-refractivity contribution is 9.10. The third-order valence-electron chi connectivity index (χ3n) is 4.77. The Morgan fingerprint density at radius 3 is 2.31 bits per heavy atom. The highest BCUT2D eigenvalue weighted by Gasteiger charge is 2.38. The maximum atomic E-state index is 12.2. The van der Waals surface area contributed by atoms with Gasteiger partial charge in [0.1, 0.15) is 15.9 Å². The first kappa shape index (κ1) is 25.6. The number of rotatable bonds is 7. The molecule has 0 radical (unpaired) electrons. The molecule has 0 aliphatic rings. The van der Waals surface area contributed by atoms with Gasteiger partial charge in [0.25, 0.3) is 0 Å². The Bertz CT molecular complexity index is 722. The van der Waals surface area contributed by atoms with Gasteiger partial charge < -0.3 is 19.2 Å². The van der Waals surface area contributed by atoms with Crippen LogP contribution in [-0.2, 0) is 13.9 Å². The average Bonchev–Trinajstić information content (AvgIpc) is 2.93. The number of amides is 1. The number of halogens is 1. The molecular weight excluding hydrogens is 458 g/mol. The number of nitrogens with zero attached hydrogens (tertiary/aromatic N) is 2. The Kier molecular flexibility index (Phi) is 8.50. The number of hydrogen-bond donors (Lipinski definition) is 1. The minimum absolute atomic E-state index is 0.0199. The van der Waals surface area contributed by atoms with Gasteiger partial charge in [-0.1, -0.05) is 20.8 Å². The number of carbonyl (C=O) groups is 2. The maximum absolute atomic E-state index is 12.2. The molecule has 166 valence electrons. The summed E-state index contributed by atoms with van der Waals surface area (Å²) in [4.78, 5) is 24.3. The summed E-state index contributed by atoms with van der Waals surface area (Å²) in [5.41, 5.74) is -0.336. The SMILES string of the molecule is COC(=O)c1cc(Br)nn1[C@@H](CNC(=O)OC(C)(C)C)CO[Si](C)(C)C(C)(C)C. The number of carbonyl (C=O) groups excluding carboxylic acids is 2. The second-order valence-electron chi connectivity index (χ2n) is 9.40. The lowest BCUT2D eigenvalue weighted by Crippen LogP contribution is -2.44. The van der Waals surface area contributed by atoms with Crippen molar-refractivity contribution in [2.24, 2.45) is 0 Å². The zero-order chi connectivity index (χ0) is 22.6. The molecule has 1 aromatic heterocycles. The molecule has 0 aliphatic carbocycles. The maximum Gasteiger partial charge on any atom is 0.407 e. The number of hydrogen-bond acceptors (Lipinski definition) is 6. The van der Waals surface area contributed by atoms with E-state index in [1.807, 2.05) is 0 Å². The summed E-state index contributed by atoms with van der Waals surface area (Å²) < 4.78 is 18.5. The largest absolute Gasteiger partial charge is 0.464 e. The van der Waals surface area contributed by atoms with E-state index in [-0.39, 0.29) is 23.9 Å². The van der Waals surface area contributed by atoms with Crippen molar-refractivity contribution in [2.45, 2.75) is 71.3 Å². The minimum Gasteiger partial charge on any atom is -0.464 e. The minimum atomic E-state index is -2.05. The summed E-state index contributed by atoms with van der Waals surface area (Å²) in [7, 11) is -0.741. The van der Waals surface area contributed by atoms with E-state index in [0.29, 0.717) is 4.60 Å². The summed E-state index contributed by atoms with van der Waals surface area (Å²) in [6.45, 7) is 16.6. The van der Waals surface area contributed by atoms with E-state index in [9.17, 15) is 9.59 Å². The fourth-order valence-electron chi connectivity index (χ4n) is 2.15. The summed E-state index contributed by atoms with van der Waals surface area (Å²) >= 11 is 3.31. The molecule has 1 rings (SSSR count). The Balaban J connectivity index is 3.10. The molecule has 1 heterocycles. The van der Waals surface area contributed by atoms with Gasteiger partial charge in [-0.3, -0.25) is 0 Å². The van der Waals surface area contributed by atoms with Crippen LogP contribution in [0.3, 0.4) is 0 Å². The Morgan fingerprint density at radius 1 is 1.24 bits per heavy atom. The fourth-order valence-corrected chi connectivity index (χ4v) is 3.58. The monoisotopic (exact) mass is 491 g/mol. The molecule has 0 spiro atoms. The fraction of sp³-hybridized carbons (Fsp3) is 0.737. The summed E-state index contributed by atoms with van der Waals surface area (Å²) in [5, 5.41) is 7.14. The molecule has 1 amide bonds. The molecule has 1 aromatic rings. The standard InChI is InChI=1S/C19H34BrN3O5Si/c1-18(2,3)28-17(25)21-11-13(12-27-29(8,9)19(4,5)6)23-14(16(24)26-7)10-15(20)22-23/h10,13H,11-12H2,1-9H3,(H,21,25)/t13-/m0/s1. The Labute approximate surface area is 182 Å². The van der Waals surface area contributed by atoms with E-state index in [4.69, 9.17) is 13.9 Å². The van der Waals surface area contributed by atoms with E-state index in [2.05, 4.69) is 60.2 Å². The molecule has 0 bridgehead atoms. The lowest BCUT2D eigenvalue weighted by atomic mass is 10.2. The highest BCUT2D eigenvalue weighted by Crippen LogP contribution is 2.37. The normalized spacial score (nSPS) is 13.7. The zero-order valence-electron chi connectivity index (χ0n) is 18.9. The van der Waals surface area contributed by atoms with Crippen LogP contribution in [0.2, 0.25) is 18.1 Å². The van der Waals surface area contributed by atoms with Gasteiger partial charge in [0.2, 0.25) is 0 Å². The number of aromatic nitrogens is 2. The summed E-state index contributed by atoms with van der Waals surface area (Å²) in [6.07, 6.45) is -0.541. The van der Waals surface area contributed by atoms with Gasteiger partial charge >= 0.3 is 12.1 Å². The van der Waals surface area contributed by atoms with Crippen molar-refractivity contribution in [3.8, 4) is 0 Å². The number of ether oxygens (including phenoxy) is 2. The molecule has 8 nitrogen and oxygen atoms in total. The van der Waals surface area contributed by atoms with E-state index in [1.165, 1.54) is 11.8 Å². The molecule has 10 heteroatoms. The zero-order valence-corrected chi connectivity index (χ0v) is 21.5. The summed E-state index contributed by atoms with van der Waals surface area (Å²) in [5.74, 6) is -0.516. The Morgan fingerprint density at radius 2 is 1.83 bits per heavy atom. The predicted molar refractivity (Wildman–Crippen MR) is 118 cm³/mol. The van der Waals surface area contributed by atoms with Crippen LogP contribution in [0.5, 0.6) is 0 Å². The molecule has 1 N–H and O–H groups in total. The third-order valence-corrected chi connectivity index (χ3v) is 9.66. The topological polar surface area (TPSA) is 91.7 Å². The van der Waals surface area contributed by atoms with Crippen LogP contribution in [0.1, 0.15) is 58.1 Å². The van der Waals surface area contributed by atoms with Crippen LogP contribution in [0.15, 0.2) is 10.7 Å². The van der Waals surface area contributed by atoms with Crippen LogP contribution in [-0.4, -0.2) is 56.0 Å². The van der Waals surface area contributed by atoms with E-state index in [0.717, 1.165) is 0 Å². The van der Waals surface area contributed by atoms with Crippen molar-refractivity contribution in [1.29, 1.82) is 0 Å². The van der Waals surface area contributed by atoms with Gasteiger partial charge in [0.15, 0.2) is 8.32 Å². The Hall–Kier alpha value is -1.39. The van der Waals surface area contributed by atoms with Gasteiger partial charge in [-0.25, -0.2) is 14.3 Å². The van der Waals surface area contributed by atoms with Gasteiger partial charge in [-0.2, -0.15) is 5.10 Å². The molecule has 0 aromatic carbocycles. The molecule has 0 fully saturated rings. The first-order valence-electron chi connectivity index (χ1n) is 9.51. The lowest BCUT2D eigenvalue weighted by molar-refractivity contribution is 0.0512. The first-order chi connectivity index (χ1) is 13.1. The molecule has 1 atom stereocenters. The van der Waals surface area contributed by atoms with Crippen LogP contribution in [0, 0.1) is 0 Å². The van der Waals surface area contributed by atoms with Crippen molar-refractivity contribution in [3.05, 3.63) is 16.4 Å². The van der Waals surface area contributed by atoms with E-state index in [1.54, 1.807) is 26.8 Å². The van der Waals surface area contributed by atoms with Gasteiger partial charge in [-0.05, 0) is 54.8 Å². The van der Waals surface area contributed by atoms with Crippen LogP contribution in [0.25, 0.3) is 0 Å². The van der Waals surface area contributed by atoms with Crippen molar-refractivity contribution in [1.82, 2.24) is 15.1 Å². The highest BCUT2D eigenvalue weighted by atomic mass is 79.9. The molecule has 0 saturated heterocycles. The van der Waals surface area contributed by atoms with Crippen LogP contribution < -0.4 is 5.32 Å². The van der Waals surface area contributed by atoms with Crippen LogP contribution in [0.4, 0.5) is 4.79 Å². The van der Waals surface area contributed by atoms with Gasteiger partial charge in [-0.15, -0.1) is 0 Å². The smallest absolute Gasteiger partial charge is 0.407 e. The molecule has 0 saturated carbocycles. The number of esters is 1. The van der Waals surface area contributed by atoms with Crippen molar-refractivity contribution in [3.63, 3.8) is 0 Å². The van der Waals surface area contributed by atoms with Gasteiger partial charge in [0.05, 0.1) is 19.8 Å². The van der Waals surface area contributed by atoms with Crippen molar-refractivity contribution >= 4 is 36.3 Å². The van der Waals surface area contributed by atoms with Crippen molar-refractivity contribution in [2.75, 3.05) is 20.3 Å². The second-order valence-corrected chi connectivity index (χ2v) is 15.0. The number of nitrogens with one attached hydrogen (secondary N) is 1. The van der Waals surface area contributed by atoms with Crippen LogP contribution >= 0.6 is 15.9 Å². The van der Waals surface area contributed by atoms with Gasteiger partial charge in [0, 0.05) is 12.6 Å². The van der Waals surface area contributed by atoms with E-state index < -0.39 is 32.0 Å². The molecule has 0 aliphatic heterocycles. The van der Waals surface area contributed by atoms with E-state index >= 15 is 0 Å². The quantitative estimate of drug-likeness (QED) is 0.445. The third kappa shape index (κ3) is 7.75. The predicted octanol–water partition coefficient (Wildman–Crippen LogP) is 4.52. The molecule has 29 heavy (non-hydrogen) atoms. The first-order valence-corrected chi connectivity index (χ1v) is 13.2. The molecular formula is C19H34BrN3O5Si.